The van der Waals surface area contributed by atoms with Crippen LogP contribution in [0.5, 0.6) is 0 Å². The van der Waals surface area contributed by atoms with Crippen LogP contribution in [0.4, 0.5) is 0 Å². The van der Waals surface area contributed by atoms with Crippen molar-refractivity contribution >= 4 is 0 Å². The van der Waals surface area contributed by atoms with Crippen LogP contribution in [0, 0.1) is 13.8 Å². The zero-order valence-corrected chi connectivity index (χ0v) is 10.1. The summed E-state index contributed by atoms with van der Waals surface area (Å²) in [6.07, 6.45) is 1.87. The number of nitrogens with one attached hydrogen (secondary N) is 1. The lowest BCUT2D eigenvalue weighted by Gasteiger charge is -2.18. The maximum atomic E-state index is 5.65. The summed E-state index contributed by atoms with van der Waals surface area (Å²) in [5.74, 6) is 5.65. The van der Waals surface area contributed by atoms with E-state index in [1.807, 2.05) is 43.5 Å². The van der Waals surface area contributed by atoms with Crippen molar-refractivity contribution in [3.63, 3.8) is 0 Å². The van der Waals surface area contributed by atoms with E-state index in [0.717, 1.165) is 22.4 Å². The third-order valence-electron chi connectivity index (χ3n) is 2.83. The molecule has 0 fully saturated rings. The molecule has 2 aromatic rings. The molecule has 0 amide bonds. The summed E-state index contributed by atoms with van der Waals surface area (Å²) in [6.45, 7) is 4.10. The summed E-state index contributed by atoms with van der Waals surface area (Å²) in [5.41, 5.74) is 7.24. The Morgan fingerprint density at radius 3 is 2.47 bits per heavy atom. The minimum absolute atomic E-state index is 0.0585. The Labute approximate surface area is 102 Å². The zero-order valence-electron chi connectivity index (χ0n) is 10.1. The Hall–Kier alpha value is -1.71. The predicted molar refractivity (Wildman–Crippen MR) is 69.3 cm³/mol. The molecule has 0 aliphatic heterocycles. The number of hydrogen-bond acceptors (Lipinski definition) is 3. The molecule has 17 heavy (non-hydrogen) atoms. The van der Waals surface area contributed by atoms with Gasteiger partial charge in [0.1, 0.15) is 0 Å². The molecule has 0 bridgehead atoms. The van der Waals surface area contributed by atoms with Crippen molar-refractivity contribution in [2.24, 2.45) is 5.84 Å². The van der Waals surface area contributed by atoms with Crippen LogP contribution < -0.4 is 11.3 Å². The van der Waals surface area contributed by atoms with Gasteiger partial charge in [-0.3, -0.25) is 10.8 Å². The Balaban J connectivity index is 2.42. The average Bonchev–Trinajstić information content (AvgIpc) is 2.34. The molecule has 1 aromatic heterocycles. The lowest BCUT2D eigenvalue weighted by atomic mass is 10.00. The lowest BCUT2D eigenvalue weighted by Crippen LogP contribution is -2.30. The summed E-state index contributed by atoms with van der Waals surface area (Å²) in [6, 6.07) is 12.2. The van der Waals surface area contributed by atoms with Crippen LogP contribution >= 0.6 is 0 Å². The van der Waals surface area contributed by atoms with Gasteiger partial charge in [-0.2, -0.15) is 0 Å². The number of hydrazine groups is 1. The zero-order chi connectivity index (χ0) is 12.3. The van der Waals surface area contributed by atoms with Crippen LogP contribution in [0.1, 0.15) is 28.4 Å². The largest absolute Gasteiger partial charge is 0.271 e. The first-order valence-electron chi connectivity index (χ1n) is 5.66. The van der Waals surface area contributed by atoms with Crippen LogP contribution in [0.25, 0.3) is 0 Å². The van der Waals surface area contributed by atoms with Crippen molar-refractivity contribution in [3.05, 3.63) is 65.0 Å². The minimum Gasteiger partial charge on any atom is -0.271 e. The number of rotatable bonds is 3. The highest BCUT2D eigenvalue weighted by atomic mass is 15.2. The molecule has 0 saturated heterocycles. The first-order valence-corrected chi connectivity index (χ1v) is 5.66. The Bertz CT molecular complexity index is 494. The van der Waals surface area contributed by atoms with Gasteiger partial charge in [0.25, 0.3) is 0 Å². The minimum atomic E-state index is -0.0585. The number of hydrogen-bond donors (Lipinski definition) is 2. The van der Waals surface area contributed by atoms with E-state index in [-0.39, 0.29) is 6.04 Å². The van der Waals surface area contributed by atoms with Crippen molar-refractivity contribution in [1.29, 1.82) is 0 Å². The van der Waals surface area contributed by atoms with Gasteiger partial charge in [0.15, 0.2) is 0 Å². The fourth-order valence-corrected chi connectivity index (χ4v) is 2.01. The van der Waals surface area contributed by atoms with E-state index < -0.39 is 0 Å². The van der Waals surface area contributed by atoms with E-state index in [9.17, 15) is 0 Å². The van der Waals surface area contributed by atoms with Gasteiger partial charge >= 0.3 is 0 Å². The van der Waals surface area contributed by atoms with Crippen LogP contribution in [-0.4, -0.2) is 4.98 Å². The molecule has 1 unspecified atom stereocenters. The molecule has 1 aromatic carbocycles. The van der Waals surface area contributed by atoms with Crippen LogP contribution in [0.15, 0.2) is 42.6 Å². The van der Waals surface area contributed by atoms with E-state index >= 15 is 0 Å². The lowest BCUT2D eigenvalue weighted by molar-refractivity contribution is 0.616. The maximum absolute atomic E-state index is 5.65. The Morgan fingerprint density at radius 2 is 1.88 bits per heavy atom. The van der Waals surface area contributed by atoms with Crippen molar-refractivity contribution in [1.82, 2.24) is 10.4 Å². The number of aromatic nitrogens is 1. The second kappa shape index (κ2) is 5.08. The smallest absolute Gasteiger partial charge is 0.0884 e. The molecule has 0 radical (unpaired) electrons. The standard InChI is InChI=1S/C14H17N3/c1-10-8-11(2)13(16-9-10)14(17-15)12-6-4-3-5-7-12/h3-9,14,17H,15H2,1-2H3. The van der Waals surface area contributed by atoms with Gasteiger partial charge in [0, 0.05) is 6.20 Å². The van der Waals surface area contributed by atoms with Crippen LogP contribution in [0.3, 0.4) is 0 Å². The second-order valence-corrected chi connectivity index (χ2v) is 4.23. The molecular formula is C14H17N3. The van der Waals surface area contributed by atoms with E-state index in [1.165, 1.54) is 0 Å². The number of nitrogens with two attached hydrogens (primary N) is 1. The molecule has 1 atom stereocenters. The van der Waals surface area contributed by atoms with E-state index in [4.69, 9.17) is 5.84 Å². The molecule has 3 N–H and O–H groups in total. The first kappa shape index (κ1) is 11.8. The Morgan fingerprint density at radius 1 is 1.18 bits per heavy atom. The highest BCUT2D eigenvalue weighted by Gasteiger charge is 2.15. The topological polar surface area (TPSA) is 50.9 Å². The van der Waals surface area contributed by atoms with E-state index in [0.29, 0.717) is 0 Å². The quantitative estimate of drug-likeness (QED) is 0.624. The molecule has 0 saturated carbocycles. The third-order valence-corrected chi connectivity index (χ3v) is 2.83. The molecule has 2 rings (SSSR count). The van der Waals surface area contributed by atoms with Crippen molar-refractivity contribution in [3.8, 4) is 0 Å². The first-order chi connectivity index (χ1) is 8.22. The Kier molecular flexibility index (Phi) is 3.52. The fourth-order valence-electron chi connectivity index (χ4n) is 2.01. The third kappa shape index (κ3) is 2.52. The molecule has 0 spiro atoms. The molecule has 3 heteroatoms. The molecule has 0 aliphatic carbocycles. The normalized spacial score (nSPS) is 12.4. The van der Waals surface area contributed by atoms with Crippen molar-refractivity contribution in [2.75, 3.05) is 0 Å². The van der Waals surface area contributed by atoms with E-state index in [2.05, 4.69) is 23.4 Å². The second-order valence-electron chi connectivity index (χ2n) is 4.23. The summed E-state index contributed by atoms with van der Waals surface area (Å²) in [5, 5.41) is 0. The summed E-state index contributed by atoms with van der Waals surface area (Å²) < 4.78 is 0. The molecule has 0 aliphatic rings. The van der Waals surface area contributed by atoms with Gasteiger partial charge in [-0.15, -0.1) is 0 Å². The van der Waals surface area contributed by atoms with Gasteiger partial charge in [-0.1, -0.05) is 36.4 Å². The van der Waals surface area contributed by atoms with Gasteiger partial charge in [0.2, 0.25) is 0 Å². The number of benzene rings is 1. The monoisotopic (exact) mass is 227 g/mol. The van der Waals surface area contributed by atoms with Gasteiger partial charge < -0.3 is 0 Å². The van der Waals surface area contributed by atoms with Crippen molar-refractivity contribution < 1.29 is 0 Å². The number of nitrogens with zero attached hydrogens (tertiary/aromatic N) is 1. The number of aryl methyl sites for hydroxylation is 2. The highest BCUT2D eigenvalue weighted by Crippen LogP contribution is 2.22. The molecule has 1 heterocycles. The molecular weight excluding hydrogens is 210 g/mol. The van der Waals surface area contributed by atoms with Gasteiger partial charge in [-0.05, 0) is 30.5 Å². The van der Waals surface area contributed by atoms with Crippen LogP contribution in [-0.2, 0) is 0 Å². The maximum Gasteiger partial charge on any atom is 0.0884 e. The summed E-state index contributed by atoms with van der Waals surface area (Å²) >= 11 is 0. The summed E-state index contributed by atoms with van der Waals surface area (Å²) in [4.78, 5) is 4.48. The molecule has 88 valence electrons. The van der Waals surface area contributed by atoms with Gasteiger partial charge in [-0.25, -0.2) is 5.43 Å². The van der Waals surface area contributed by atoms with E-state index in [1.54, 1.807) is 0 Å². The predicted octanol–water partition coefficient (Wildman–Crippen LogP) is 2.25. The summed E-state index contributed by atoms with van der Waals surface area (Å²) in [7, 11) is 0. The number of pyridine rings is 1. The fraction of sp³-hybridized carbons (Fsp3) is 0.214. The van der Waals surface area contributed by atoms with Crippen molar-refractivity contribution in [2.45, 2.75) is 19.9 Å². The average molecular weight is 227 g/mol. The van der Waals surface area contributed by atoms with Gasteiger partial charge in [0.05, 0.1) is 11.7 Å². The highest BCUT2D eigenvalue weighted by molar-refractivity contribution is 5.33. The molecule has 3 nitrogen and oxygen atoms in total. The SMILES string of the molecule is Cc1cnc(C(NN)c2ccccc2)c(C)c1. The van der Waals surface area contributed by atoms with Crippen LogP contribution in [0.2, 0.25) is 0 Å².